The van der Waals surface area contributed by atoms with Gasteiger partial charge < -0.3 is 15.1 Å². The second-order valence-corrected chi connectivity index (χ2v) is 6.37. The lowest BCUT2D eigenvalue weighted by molar-refractivity contribution is 0.0937. The molecule has 0 fully saturated rings. The van der Waals surface area contributed by atoms with E-state index in [1.54, 1.807) is 24.5 Å². The summed E-state index contributed by atoms with van der Waals surface area (Å²) >= 11 is 0.949. The fraction of sp³-hybridized carbons (Fsp3) is 0.176. The van der Waals surface area contributed by atoms with Gasteiger partial charge in [-0.05, 0) is 31.2 Å². The monoisotopic (exact) mass is 356 g/mol. The number of amides is 2. The number of aromatic nitrogens is 2. The topological polar surface area (TPSA) is 97.1 Å². The van der Waals surface area contributed by atoms with E-state index in [9.17, 15) is 9.59 Å². The van der Waals surface area contributed by atoms with E-state index in [0.717, 1.165) is 17.1 Å². The first-order chi connectivity index (χ1) is 12.1. The molecule has 0 aliphatic heterocycles. The third kappa shape index (κ3) is 4.51. The number of nitrogens with zero attached hydrogens (tertiary/aromatic N) is 2. The number of carbonyl (C=O) groups excluding carboxylic acids is 2. The van der Waals surface area contributed by atoms with Crippen molar-refractivity contribution in [2.45, 2.75) is 19.4 Å². The van der Waals surface area contributed by atoms with E-state index < -0.39 is 5.91 Å². The maximum Gasteiger partial charge on any atom is 0.286 e. The summed E-state index contributed by atoms with van der Waals surface area (Å²) in [5, 5.41) is 13.4. The summed E-state index contributed by atoms with van der Waals surface area (Å²) in [6.45, 7) is 1.87. The first kappa shape index (κ1) is 16.8. The van der Waals surface area contributed by atoms with Gasteiger partial charge in [-0.1, -0.05) is 29.5 Å². The molecule has 2 aromatic heterocycles. The number of nitrogens with one attached hydrogen (secondary N) is 2. The van der Waals surface area contributed by atoms with E-state index in [1.165, 1.54) is 0 Å². The zero-order valence-corrected chi connectivity index (χ0v) is 14.2. The van der Waals surface area contributed by atoms with Crippen LogP contribution in [0.5, 0.6) is 0 Å². The number of para-hydroxylation sites is 1. The average molecular weight is 356 g/mol. The number of anilines is 1. The third-order valence-corrected chi connectivity index (χ3v) is 4.23. The van der Waals surface area contributed by atoms with Gasteiger partial charge in [-0.15, -0.1) is 10.2 Å². The molecule has 0 radical (unpaired) electrons. The number of rotatable bonds is 6. The molecule has 0 aliphatic rings. The predicted octanol–water partition coefficient (Wildman–Crippen LogP) is 2.74. The molecule has 0 saturated heterocycles. The van der Waals surface area contributed by atoms with Crippen LogP contribution in [0.3, 0.4) is 0 Å². The minimum Gasteiger partial charge on any atom is -0.469 e. The zero-order chi connectivity index (χ0) is 17.6. The van der Waals surface area contributed by atoms with Gasteiger partial charge in [-0.25, -0.2) is 0 Å². The summed E-state index contributed by atoms with van der Waals surface area (Å²) in [5.41, 5.74) is 0.653. The fourth-order valence-corrected chi connectivity index (χ4v) is 2.82. The molecular weight excluding hydrogens is 340 g/mol. The second-order valence-electron chi connectivity index (χ2n) is 5.39. The highest BCUT2D eigenvalue weighted by Gasteiger charge is 2.19. The van der Waals surface area contributed by atoms with Gasteiger partial charge in [-0.2, -0.15) is 0 Å². The normalized spacial score (nSPS) is 11.7. The molecule has 2 N–H and O–H groups in total. The zero-order valence-electron chi connectivity index (χ0n) is 13.4. The highest BCUT2D eigenvalue weighted by Crippen LogP contribution is 2.13. The van der Waals surface area contributed by atoms with Gasteiger partial charge in [0.05, 0.1) is 6.26 Å². The Bertz CT molecular complexity index is 846. The quantitative estimate of drug-likeness (QED) is 0.708. The molecule has 7 nitrogen and oxygen atoms in total. The Labute approximate surface area is 148 Å². The van der Waals surface area contributed by atoms with E-state index in [-0.39, 0.29) is 22.0 Å². The summed E-state index contributed by atoms with van der Waals surface area (Å²) in [6.07, 6.45) is 2.16. The van der Waals surface area contributed by atoms with Gasteiger partial charge in [0.2, 0.25) is 10.0 Å². The van der Waals surface area contributed by atoms with Crippen molar-refractivity contribution in [3.63, 3.8) is 0 Å². The van der Waals surface area contributed by atoms with Crippen LogP contribution in [0, 0.1) is 0 Å². The van der Waals surface area contributed by atoms with E-state index in [1.807, 2.05) is 31.2 Å². The van der Waals surface area contributed by atoms with E-state index in [2.05, 4.69) is 20.8 Å². The van der Waals surface area contributed by atoms with Gasteiger partial charge in [0.25, 0.3) is 11.8 Å². The van der Waals surface area contributed by atoms with Crippen LogP contribution in [0.15, 0.2) is 53.1 Å². The Hall–Kier alpha value is -3.00. The van der Waals surface area contributed by atoms with Crippen molar-refractivity contribution in [1.29, 1.82) is 0 Å². The molecule has 3 rings (SSSR count). The van der Waals surface area contributed by atoms with Crippen LogP contribution >= 0.6 is 11.3 Å². The molecule has 0 spiro atoms. The van der Waals surface area contributed by atoms with Crippen molar-refractivity contribution in [1.82, 2.24) is 15.5 Å². The molecule has 1 aromatic carbocycles. The molecular formula is C17H16N4O3S. The molecule has 0 saturated carbocycles. The fourth-order valence-electron chi connectivity index (χ4n) is 2.18. The van der Waals surface area contributed by atoms with Gasteiger partial charge >= 0.3 is 0 Å². The highest BCUT2D eigenvalue weighted by molar-refractivity contribution is 7.15. The summed E-state index contributed by atoms with van der Waals surface area (Å²) in [6, 6.07) is 12.5. The molecule has 0 unspecified atom stereocenters. The summed E-state index contributed by atoms with van der Waals surface area (Å²) in [7, 11) is 0. The Balaban J connectivity index is 1.58. The third-order valence-electron chi connectivity index (χ3n) is 3.31. The van der Waals surface area contributed by atoms with Gasteiger partial charge in [0.1, 0.15) is 5.76 Å². The first-order valence-corrected chi connectivity index (χ1v) is 8.46. The number of benzene rings is 1. The molecule has 25 heavy (non-hydrogen) atoms. The van der Waals surface area contributed by atoms with Crippen molar-refractivity contribution in [2.24, 2.45) is 0 Å². The molecule has 8 heteroatoms. The van der Waals surface area contributed by atoms with Crippen molar-refractivity contribution in [3.05, 3.63) is 64.5 Å². The second kappa shape index (κ2) is 7.71. The minimum atomic E-state index is -0.397. The standard InChI is InChI=1S/C17H16N4O3S/c1-11(10-13-8-5-9-24-13)18-14(22)16-20-21-17(25-16)15(23)19-12-6-3-2-4-7-12/h2-9,11H,10H2,1H3,(H,18,22)(H,19,23)/t11-/m1/s1. The van der Waals surface area contributed by atoms with Crippen LogP contribution in [-0.4, -0.2) is 28.1 Å². The average Bonchev–Trinajstić information content (AvgIpc) is 3.27. The highest BCUT2D eigenvalue weighted by atomic mass is 32.1. The van der Waals surface area contributed by atoms with Gasteiger partial charge in [0, 0.05) is 18.2 Å². The van der Waals surface area contributed by atoms with Crippen LogP contribution in [0.1, 0.15) is 32.3 Å². The van der Waals surface area contributed by atoms with Crippen LogP contribution in [-0.2, 0) is 6.42 Å². The Morgan fingerprint density at radius 2 is 1.80 bits per heavy atom. The van der Waals surface area contributed by atoms with E-state index in [4.69, 9.17) is 4.42 Å². The molecule has 0 bridgehead atoms. The predicted molar refractivity (Wildman–Crippen MR) is 93.6 cm³/mol. The minimum absolute atomic E-state index is 0.132. The SMILES string of the molecule is C[C@H](Cc1ccco1)NC(=O)c1nnc(C(=O)Nc2ccccc2)s1. The Morgan fingerprint density at radius 3 is 2.48 bits per heavy atom. The smallest absolute Gasteiger partial charge is 0.286 e. The first-order valence-electron chi connectivity index (χ1n) is 7.65. The maximum atomic E-state index is 12.2. The lowest BCUT2D eigenvalue weighted by Gasteiger charge is -2.10. The van der Waals surface area contributed by atoms with E-state index in [0.29, 0.717) is 12.1 Å². The van der Waals surface area contributed by atoms with Crippen LogP contribution in [0.2, 0.25) is 0 Å². The Morgan fingerprint density at radius 1 is 1.08 bits per heavy atom. The largest absolute Gasteiger partial charge is 0.469 e. The summed E-state index contributed by atoms with van der Waals surface area (Å²) in [4.78, 5) is 24.3. The number of hydrogen-bond donors (Lipinski definition) is 2. The summed E-state index contributed by atoms with van der Waals surface area (Å²) < 4.78 is 5.25. The lowest BCUT2D eigenvalue weighted by Crippen LogP contribution is -2.33. The number of furan rings is 1. The van der Waals surface area contributed by atoms with Crippen molar-refractivity contribution < 1.29 is 14.0 Å². The van der Waals surface area contributed by atoms with Gasteiger partial charge in [0.15, 0.2) is 0 Å². The van der Waals surface area contributed by atoms with Crippen molar-refractivity contribution >= 4 is 28.8 Å². The van der Waals surface area contributed by atoms with Crippen LogP contribution in [0.4, 0.5) is 5.69 Å². The van der Waals surface area contributed by atoms with Gasteiger partial charge in [-0.3, -0.25) is 9.59 Å². The lowest BCUT2D eigenvalue weighted by atomic mass is 10.2. The van der Waals surface area contributed by atoms with Crippen molar-refractivity contribution in [2.75, 3.05) is 5.32 Å². The molecule has 1 atom stereocenters. The molecule has 2 amide bonds. The maximum absolute atomic E-state index is 12.2. The van der Waals surface area contributed by atoms with E-state index >= 15 is 0 Å². The molecule has 0 aliphatic carbocycles. The number of hydrogen-bond acceptors (Lipinski definition) is 6. The van der Waals surface area contributed by atoms with Crippen molar-refractivity contribution in [3.8, 4) is 0 Å². The number of carbonyl (C=O) groups is 2. The molecule has 2 heterocycles. The Kier molecular flexibility index (Phi) is 5.20. The van der Waals surface area contributed by atoms with Crippen LogP contribution < -0.4 is 10.6 Å². The molecule has 128 valence electrons. The van der Waals surface area contributed by atoms with Crippen LogP contribution in [0.25, 0.3) is 0 Å². The molecule has 3 aromatic rings. The summed E-state index contributed by atoms with van der Waals surface area (Å²) in [5.74, 6) is 0.0229.